The third-order valence-corrected chi connectivity index (χ3v) is 4.81. The van der Waals surface area contributed by atoms with Crippen LogP contribution in [0.5, 0.6) is 0 Å². The number of rotatable bonds is 4. The van der Waals surface area contributed by atoms with Gasteiger partial charge in [-0.15, -0.1) is 0 Å². The third-order valence-electron chi connectivity index (χ3n) is 4.25. The predicted octanol–water partition coefficient (Wildman–Crippen LogP) is 3.59. The first-order valence-corrected chi connectivity index (χ1v) is 8.58. The molecule has 0 amide bonds. The van der Waals surface area contributed by atoms with Crippen molar-refractivity contribution >= 4 is 34.7 Å². The van der Waals surface area contributed by atoms with E-state index < -0.39 is 0 Å². The van der Waals surface area contributed by atoms with Crippen molar-refractivity contribution < 1.29 is 0 Å². The van der Waals surface area contributed by atoms with Gasteiger partial charge in [0.05, 0.1) is 10.9 Å². The van der Waals surface area contributed by atoms with Gasteiger partial charge in [-0.2, -0.15) is 0 Å². The molecule has 3 rings (SSSR count). The van der Waals surface area contributed by atoms with Crippen molar-refractivity contribution in [1.82, 2.24) is 14.5 Å². The lowest BCUT2D eigenvalue weighted by molar-refractivity contribution is 0.222. The number of fused-ring (bicyclic) bond motifs is 1. The molecule has 1 saturated heterocycles. The number of likely N-dealkylation sites (tertiary alicyclic amines) is 1. The van der Waals surface area contributed by atoms with Gasteiger partial charge in [0.2, 0.25) is 0 Å². The normalized spacial score (nSPS) is 16.2. The van der Waals surface area contributed by atoms with Crippen LogP contribution in [0.3, 0.4) is 0 Å². The molecule has 1 fully saturated rings. The summed E-state index contributed by atoms with van der Waals surface area (Å²) in [5.74, 6) is 0. The van der Waals surface area contributed by atoms with Crippen molar-refractivity contribution in [3.05, 3.63) is 38.3 Å². The second-order valence-electron chi connectivity index (χ2n) is 5.83. The molecule has 1 aromatic heterocycles. The van der Waals surface area contributed by atoms with Gasteiger partial charge in [0.1, 0.15) is 0 Å². The first-order chi connectivity index (χ1) is 10.6. The van der Waals surface area contributed by atoms with Crippen molar-refractivity contribution in [2.45, 2.75) is 32.2 Å². The van der Waals surface area contributed by atoms with Crippen molar-refractivity contribution in [1.29, 1.82) is 0 Å². The highest BCUT2D eigenvalue weighted by Crippen LogP contribution is 2.15. The molecule has 0 aliphatic carbocycles. The number of aromatic nitrogens is 2. The first kappa shape index (κ1) is 15.7. The highest BCUT2D eigenvalue weighted by Gasteiger charge is 2.10. The number of nitrogens with zero attached hydrogens (tertiary/aromatic N) is 2. The van der Waals surface area contributed by atoms with Gasteiger partial charge in [0.25, 0.3) is 5.56 Å². The minimum absolute atomic E-state index is 0.0557. The van der Waals surface area contributed by atoms with Crippen molar-refractivity contribution in [2.24, 2.45) is 0 Å². The maximum atomic E-state index is 12.6. The van der Waals surface area contributed by atoms with Crippen LogP contribution in [-0.2, 0) is 6.54 Å². The predicted molar refractivity (Wildman–Crippen MR) is 93.3 cm³/mol. The zero-order valence-corrected chi connectivity index (χ0v) is 14.1. The second kappa shape index (κ2) is 6.94. The Hall–Kier alpha value is -1.17. The number of nitrogens with one attached hydrogen (secondary N) is 1. The molecular weight excluding hydrogens is 318 g/mol. The van der Waals surface area contributed by atoms with Crippen molar-refractivity contribution in [3.8, 4) is 0 Å². The van der Waals surface area contributed by atoms with Gasteiger partial charge in [-0.3, -0.25) is 9.36 Å². The zero-order chi connectivity index (χ0) is 15.5. The largest absolute Gasteiger partial charge is 0.332 e. The van der Waals surface area contributed by atoms with Crippen molar-refractivity contribution in [2.75, 3.05) is 19.6 Å². The molecule has 22 heavy (non-hydrogen) atoms. The summed E-state index contributed by atoms with van der Waals surface area (Å²) in [7, 11) is 0. The monoisotopic (exact) mass is 337 g/mol. The van der Waals surface area contributed by atoms with Crippen LogP contribution in [0, 0.1) is 4.77 Å². The average molecular weight is 338 g/mol. The summed E-state index contributed by atoms with van der Waals surface area (Å²) in [6.45, 7) is 4.02. The quantitative estimate of drug-likeness (QED) is 0.867. The Morgan fingerprint density at radius 2 is 1.95 bits per heavy atom. The molecule has 6 heteroatoms. The van der Waals surface area contributed by atoms with E-state index >= 15 is 0 Å². The Morgan fingerprint density at radius 3 is 2.73 bits per heavy atom. The Balaban J connectivity index is 1.78. The zero-order valence-electron chi connectivity index (χ0n) is 12.5. The van der Waals surface area contributed by atoms with E-state index in [0.717, 1.165) is 18.5 Å². The van der Waals surface area contributed by atoms with Crippen LogP contribution in [0.1, 0.15) is 25.7 Å². The SMILES string of the molecule is O=c1c2cc(Cl)ccc2[nH]c(=S)n1CCCN1CCCCC1. The molecule has 0 saturated carbocycles. The van der Waals surface area contributed by atoms with Gasteiger partial charge in [-0.05, 0) is 69.3 Å². The topological polar surface area (TPSA) is 41.0 Å². The number of halogens is 1. The van der Waals surface area contributed by atoms with E-state index in [1.165, 1.54) is 32.4 Å². The number of hydrogen-bond donors (Lipinski definition) is 1. The summed E-state index contributed by atoms with van der Waals surface area (Å²) in [5, 5.41) is 1.16. The number of hydrogen-bond acceptors (Lipinski definition) is 3. The maximum absolute atomic E-state index is 12.6. The molecule has 1 aliphatic rings. The fourth-order valence-corrected chi connectivity index (χ4v) is 3.52. The molecule has 0 radical (unpaired) electrons. The first-order valence-electron chi connectivity index (χ1n) is 7.80. The summed E-state index contributed by atoms with van der Waals surface area (Å²) in [4.78, 5) is 18.2. The molecule has 2 aromatic rings. The summed E-state index contributed by atoms with van der Waals surface area (Å²) in [5.41, 5.74) is 0.687. The molecule has 0 spiro atoms. The Bertz CT molecular complexity index is 777. The van der Waals surface area contributed by atoms with Gasteiger partial charge in [0.15, 0.2) is 4.77 Å². The van der Waals surface area contributed by atoms with E-state index in [-0.39, 0.29) is 5.56 Å². The average Bonchev–Trinajstić information content (AvgIpc) is 2.52. The van der Waals surface area contributed by atoms with Crippen LogP contribution < -0.4 is 5.56 Å². The van der Waals surface area contributed by atoms with Gasteiger partial charge < -0.3 is 9.88 Å². The van der Waals surface area contributed by atoms with Crippen LogP contribution in [-0.4, -0.2) is 34.1 Å². The number of piperidine rings is 1. The van der Waals surface area contributed by atoms with E-state index in [0.29, 0.717) is 21.7 Å². The summed E-state index contributed by atoms with van der Waals surface area (Å²) in [6.07, 6.45) is 4.85. The van der Waals surface area contributed by atoms with Gasteiger partial charge in [-0.25, -0.2) is 0 Å². The third kappa shape index (κ3) is 3.42. The molecule has 118 valence electrons. The van der Waals surface area contributed by atoms with Gasteiger partial charge >= 0.3 is 0 Å². The molecule has 1 aliphatic heterocycles. The van der Waals surface area contributed by atoms with Crippen LogP contribution in [0.15, 0.2) is 23.0 Å². The van der Waals surface area contributed by atoms with E-state index in [2.05, 4.69) is 9.88 Å². The number of H-pyrrole nitrogens is 1. The van der Waals surface area contributed by atoms with Gasteiger partial charge in [0, 0.05) is 11.6 Å². The maximum Gasteiger partial charge on any atom is 0.262 e. The van der Waals surface area contributed by atoms with Crippen LogP contribution in [0.25, 0.3) is 10.9 Å². The lowest BCUT2D eigenvalue weighted by Crippen LogP contribution is -2.32. The highest BCUT2D eigenvalue weighted by molar-refractivity contribution is 7.71. The lowest BCUT2D eigenvalue weighted by atomic mass is 10.1. The molecule has 1 aromatic carbocycles. The number of benzene rings is 1. The molecule has 0 bridgehead atoms. The Labute approximate surface area is 139 Å². The summed E-state index contributed by atoms with van der Waals surface area (Å²) < 4.78 is 2.14. The standard InChI is InChI=1S/C16H20ClN3OS/c17-12-5-6-14-13(11-12)15(21)20(16(22)18-14)10-4-9-19-7-2-1-3-8-19/h5-6,11H,1-4,7-10H2,(H,18,22). The molecule has 1 N–H and O–H groups in total. The second-order valence-corrected chi connectivity index (χ2v) is 6.66. The summed E-state index contributed by atoms with van der Waals surface area (Å²) >= 11 is 11.3. The minimum atomic E-state index is -0.0557. The van der Waals surface area contributed by atoms with E-state index in [4.69, 9.17) is 23.8 Å². The fourth-order valence-electron chi connectivity index (χ4n) is 3.06. The van der Waals surface area contributed by atoms with E-state index in [1.54, 1.807) is 22.8 Å². The van der Waals surface area contributed by atoms with E-state index in [9.17, 15) is 4.79 Å². The fraction of sp³-hybridized carbons (Fsp3) is 0.500. The molecule has 0 atom stereocenters. The van der Waals surface area contributed by atoms with Crippen LogP contribution in [0.4, 0.5) is 0 Å². The minimum Gasteiger partial charge on any atom is -0.332 e. The summed E-state index contributed by atoms with van der Waals surface area (Å²) in [6, 6.07) is 5.26. The molecule has 4 nitrogen and oxygen atoms in total. The molecule has 0 unspecified atom stereocenters. The Kier molecular flexibility index (Phi) is 4.96. The lowest BCUT2D eigenvalue weighted by Gasteiger charge is -2.26. The van der Waals surface area contributed by atoms with Gasteiger partial charge in [-0.1, -0.05) is 18.0 Å². The molecule has 2 heterocycles. The highest BCUT2D eigenvalue weighted by atomic mass is 35.5. The van der Waals surface area contributed by atoms with Crippen LogP contribution >= 0.6 is 23.8 Å². The number of aromatic amines is 1. The Morgan fingerprint density at radius 1 is 1.18 bits per heavy atom. The molecular formula is C16H20ClN3OS. The van der Waals surface area contributed by atoms with E-state index in [1.807, 2.05) is 0 Å². The van der Waals surface area contributed by atoms with Crippen LogP contribution in [0.2, 0.25) is 5.02 Å². The smallest absolute Gasteiger partial charge is 0.262 e. The van der Waals surface area contributed by atoms with Crippen molar-refractivity contribution in [3.63, 3.8) is 0 Å².